The van der Waals surface area contributed by atoms with Crippen LogP contribution in [0.25, 0.3) is 11.0 Å². The molecule has 1 saturated heterocycles. The highest BCUT2D eigenvalue weighted by Gasteiger charge is 2.24. The van der Waals surface area contributed by atoms with E-state index in [1.165, 1.54) is 0 Å². The Morgan fingerprint density at radius 2 is 1.90 bits per heavy atom. The lowest BCUT2D eigenvalue weighted by Gasteiger charge is -2.34. The van der Waals surface area contributed by atoms with Crippen molar-refractivity contribution in [3.63, 3.8) is 0 Å². The molecule has 0 aliphatic carbocycles. The average Bonchev–Trinajstić information content (AvgIpc) is 3.01. The van der Waals surface area contributed by atoms with Crippen molar-refractivity contribution >= 4 is 34.4 Å². The first-order valence-electron chi connectivity index (χ1n) is 6.75. The molecule has 6 nitrogen and oxygen atoms in total. The van der Waals surface area contributed by atoms with Gasteiger partial charge >= 0.3 is 0 Å². The maximum Gasteiger partial charge on any atom is 0.254 e. The lowest BCUT2D eigenvalue weighted by molar-refractivity contribution is -0.129. The third-order valence-electron chi connectivity index (χ3n) is 3.70. The number of hydrogen-bond acceptors (Lipinski definition) is 3. The second kappa shape index (κ2) is 5.73. The number of aromatic nitrogens is 2. The van der Waals surface area contributed by atoms with Crippen LogP contribution in [-0.2, 0) is 4.79 Å². The number of nitrogens with zero attached hydrogens (tertiary/aromatic N) is 3. The summed E-state index contributed by atoms with van der Waals surface area (Å²) in [7, 11) is 0. The molecule has 1 aliphatic rings. The van der Waals surface area contributed by atoms with Crippen molar-refractivity contribution in [2.24, 2.45) is 0 Å². The second-order valence-electron chi connectivity index (χ2n) is 4.94. The van der Waals surface area contributed by atoms with Crippen LogP contribution in [-0.4, -0.2) is 63.6 Å². The fourth-order valence-electron chi connectivity index (χ4n) is 2.49. The minimum absolute atomic E-state index is 0.00949. The number of aromatic amines is 1. The minimum atomic E-state index is -0.0809. The molecule has 110 valence electrons. The Kier molecular flexibility index (Phi) is 3.79. The number of alkyl halides is 1. The number of carbonyl (C=O) groups excluding carboxylic acids is 2. The second-order valence-corrected chi connectivity index (χ2v) is 5.21. The summed E-state index contributed by atoms with van der Waals surface area (Å²) in [5, 5.41) is 0. The molecular weight excluding hydrogens is 292 g/mol. The number of imidazole rings is 1. The van der Waals surface area contributed by atoms with E-state index in [0.29, 0.717) is 31.7 Å². The van der Waals surface area contributed by atoms with E-state index in [-0.39, 0.29) is 17.7 Å². The van der Waals surface area contributed by atoms with E-state index >= 15 is 0 Å². The van der Waals surface area contributed by atoms with Crippen LogP contribution in [0, 0.1) is 0 Å². The Bertz CT molecular complexity index is 676. The Hall–Kier alpha value is -2.08. The minimum Gasteiger partial charge on any atom is -0.345 e. The van der Waals surface area contributed by atoms with E-state index in [4.69, 9.17) is 11.6 Å². The van der Waals surface area contributed by atoms with Crippen molar-refractivity contribution in [2.45, 2.75) is 0 Å². The zero-order chi connectivity index (χ0) is 14.8. The van der Waals surface area contributed by atoms with Crippen LogP contribution in [0.5, 0.6) is 0 Å². The summed E-state index contributed by atoms with van der Waals surface area (Å²) in [6, 6.07) is 5.41. The number of rotatable bonds is 2. The molecule has 0 saturated carbocycles. The average molecular weight is 307 g/mol. The molecule has 1 aliphatic heterocycles. The molecule has 21 heavy (non-hydrogen) atoms. The fraction of sp³-hybridized carbons (Fsp3) is 0.357. The Balaban J connectivity index is 1.70. The van der Waals surface area contributed by atoms with Gasteiger partial charge in [0, 0.05) is 31.7 Å². The molecule has 1 fully saturated rings. The lowest BCUT2D eigenvalue weighted by Crippen LogP contribution is -2.50. The van der Waals surface area contributed by atoms with Gasteiger partial charge in [0.25, 0.3) is 5.91 Å². The summed E-state index contributed by atoms with van der Waals surface area (Å²) < 4.78 is 0. The first-order valence-corrected chi connectivity index (χ1v) is 7.28. The number of halogens is 1. The summed E-state index contributed by atoms with van der Waals surface area (Å²) in [6.07, 6.45) is 1.61. The van der Waals surface area contributed by atoms with Gasteiger partial charge in [0.2, 0.25) is 5.91 Å². The third kappa shape index (κ3) is 2.71. The van der Waals surface area contributed by atoms with Crippen LogP contribution in [0.1, 0.15) is 10.4 Å². The van der Waals surface area contributed by atoms with Crippen LogP contribution in [0.3, 0.4) is 0 Å². The van der Waals surface area contributed by atoms with Crippen molar-refractivity contribution in [1.82, 2.24) is 19.8 Å². The molecule has 0 bridgehead atoms. The van der Waals surface area contributed by atoms with Gasteiger partial charge in [-0.1, -0.05) is 0 Å². The topological polar surface area (TPSA) is 69.3 Å². The molecular formula is C14H15ClN4O2. The normalized spacial score (nSPS) is 15.5. The molecule has 2 aromatic rings. The predicted molar refractivity (Wildman–Crippen MR) is 79.3 cm³/mol. The maximum atomic E-state index is 12.5. The Morgan fingerprint density at radius 3 is 2.62 bits per heavy atom. The smallest absolute Gasteiger partial charge is 0.254 e. The SMILES string of the molecule is O=C(CCl)N1CCN(C(=O)c2ccc3nc[nH]c3c2)CC1. The molecule has 2 amide bonds. The van der Waals surface area contributed by atoms with Crippen LogP contribution in [0.15, 0.2) is 24.5 Å². The summed E-state index contributed by atoms with van der Waals surface area (Å²) in [6.45, 7) is 2.12. The molecule has 1 aromatic carbocycles. The summed E-state index contributed by atoms with van der Waals surface area (Å²) in [5.41, 5.74) is 2.31. The van der Waals surface area contributed by atoms with E-state index in [2.05, 4.69) is 9.97 Å². The van der Waals surface area contributed by atoms with E-state index in [0.717, 1.165) is 11.0 Å². The molecule has 0 atom stereocenters. The monoisotopic (exact) mass is 306 g/mol. The van der Waals surface area contributed by atoms with Crippen LogP contribution in [0.4, 0.5) is 0 Å². The number of nitrogens with one attached hydrogen (secondary N) is 1. The summed E-state index contributed by atoms with van der Waals surface area (Å²) >= 11 is 5.54. The van der Waals surface area contributed by atoms with Crippen molar-refractivity contribution in [3.8, 4) is 0 Å². The quantitative estimate of drug-likeness (QED) is 0.844. The highest BCUT2D eigenvalue weighted by atomic mass is 35.5. The Morgan fingerprint density at radius 1 is 1.19 bits per heavy atom. The number of amides is 2. The van der Waals surface area contributed by atoms with Crippen LogP contribution in [0.2, 0.25) is 0 Å². The molecule has 3 rings (SSSR count). The van der Waals surface area contributed by atoms with Gasteiger partial charge in [-0.05, 0) is 18.2 Å². The standard InChI is InChI=1S/C14H15ClN4O2/c15-8-13(20)18-3-5-19(6-4-18)14(21)10-1-2-11-12(7-10)17-9-16-11/h1-2,7,9H,3-6,8H2,(H,16,17). The number of H-pyrrole nitrogens is 1. The van der Waals surface area contributed by atoms with Crippen LogP contribution >= 0.6 is 11.6 Å². The number of piperazine rings is 1. The molecule has 1 aromatic heterocycles. The van der Waals surface area contributed by atoms with Gasteiger partial charge in [-0.15, -0.1) is 11.6 Å². The first kappa shape index (κ1) is 13.9. The van der Waals surface area contributed by atoms with E-state index in [1.807, 2.05) is 6.07 Å². The van der Waals surface area contributed by atoms with Gasteiger partial charge in [-0.2, -0.15) is 0 Å². The van der Waals surface area contributed by atoms with Gasteiger partial charge < -0.3 is 14.8 Å². The van der Waals surface area contributed by atoms with Gasteiger partial charge in [0.15, 0.2) is 0 Å². The largest absolute Gasteiger partial charge is 0.345 e. The Labute approximate surface area is 126 Å². The van der Waals surface area contributed by atoms with Gasteiger partial charge in [0.05, 0.1) is 17.4 Å². The molecule has 0 spiro atoms. The highest BCUT2D eigenvalue weighted by Crippen LogP contribution is 2.14. The maximum absolute atomic E-state index is 12.5. The molecule has 0 unspecified atom stereocenters. The first-order chi connectivity index (χ1) is 10.2. The van der Waals surface area contributed by atoms with Crippen molar-refractivity contribution < 1.29 is 9.59 Å². The predicted octanol–water partition coefficient (Wildman–Crippen LogP) is 1.09. The number of hydrogen-bond donors (Lipinski definition) is 1. The zero-order valence-corrected chi connectivity index (χ0v) is 12.1. The number of benzene rings is 1. The summed E-state index contributed by atoms with van der Waals surface area (Å²) in [4.78, 5) is 34.6. The van der Waals surface area contributed by atoms with Crippen molar-refractivity contribution in [1.29, 1.82) is 0 Å². The fourth-order valence-corrected chi connectivity index (χ4v) is 2.66. The van der Waals surface area contributed by atoms with Crippen molar-refractivity contribution in [2.75, 3.05) is 32.1 Å². The summed E-state index contributed by atoms with van der Waals surface area (Å²) in [5.74, 6) is -0.114. The van der Waals surface area contributed by atoms with Gasteiger partial charge in [-0.3, -0.25) is 9.59 Å². The van der Waals surface area contributed by atoms with E-state index in [9.17, 15) is 9.59 Å². The number of carbonyl (C=O) groups is 2. The van der Waals surface area contributed by atoms with Crippen LogP contribution < -0.4 is 0 Å². The van der Waals surface area contributed by atoms with Gasteiger partial charge in [-0.25, -0.2) is 4.98 Å². The molecule has 2 heterocycles. The lowest BCUT2D eigenvalue weighted by atomic mass is 10.1. The highest BCUT2D eigenvalue weighted by molar-refractivity contribution is 6.27. The van der Waals surface area contributed by atoms with Gasteiger partial charge in [0.1, 0.15) is 5.88 Å². The van der Waals surface area contributed by atoms with Crippen molar-refractivity contribution in [3.05, 3.63) is 30.1 Å². The third-order valence-corrected chi connectivity index (χ3v) is 3.93. The van der Waals surface area contributed by atoms with E-state index < -0.39 is 0 Å². The molecule has 1 N–H and O–H groups in total. The zero-order valence-electron chi connectivity index (χ0n) is 11.4. The molecule has 7 heteroatoms. The molecule has 0 radical (unpaired) electrons. The van der Waals surface area contributed by atoms with E-state index in [1.54, 1.807) is 28.3 Å². The number of fused-ring (bicyclic) bond motifs is 1.